The summed E-state index contributed by atoms with van der Waals surface area (Å²) in [5.41, 5.74) is -1.50. The van der Waals surface area contributed by atoms with Gasteiger partial charge in [-0.05, 0) is 6.07 Å². The quantitative estimate of drug-likeness (QED) is 0.363. The molecule has 0 N–H and O–H groups in total. The Balaban J connectivity index is 3.28. The molecule has 0 saturated carbocycles. The summed E-state index contributed by atoms with van der Waals surface area (Å²) in [6.07, 6.45) is 0. The SMILES string of the molecule is CC(C)(C)C(=O)C(C#N)C(=O)c1ccccc1[N+](=O)[O-]. The number of carbonyl (C=O) groups excluding carboxylic acids is 2. The van der Waals surface area contributed by atoms with E-state index in [4.69, 9.17) is 5.26 Å². The molecular weight excluding hydrogens is 260 g/mol. The second-order valence-electron chi connectivity index (χ2n) is 5.31. The molecule has 0 aliphatic carbocycles. The molecule has 0 aliphatic heterocycles. The molecule has 1 rings (SSSR count). The summed E-state index contributed by atoms with van der Waals surface area (Å²) >= 11 is 0. The summed E-state index contributed by atoms with van der Waals surface area (Å²) in [6, 6.07) is 6.94. The van der Waals surface area contributed by atoms with Crippen LogP contribution in [0.3, 0.4) is 0 Å². The molecule has 1 atom stereocenters. The molecule has 1 aromatic rings. The number of Topliss-reactive ketones (excluding diaryl/α,β-unsaturated/α-hetero) is 2. The van der Waals surface area contributed by atoms with E-state index in [1.54, 1.807) is 26.8 Å². The molecule has 0 heterocycles. The predicted molar refractivity (Wildman–Crippen MR) is 71.0 cm³/mol. The van der Waals surface area contributed by atoms with Crippen LogP contribution in [0, 0.1) is 32.8 Å². The first kappa shape index (κ1) is 15.5. The van der Waals surface area contributed by atoms with Crippen LogP contribution in [0.15, 0.2) is 24.3 Å². The zero-order valence-electron chi connectivity index (χ0n) is 11.4. The second kappa shape index (κ2) is 5.61. The Morgan fingerprint density at radius 1 is 1.30 bits per heavy atom. The largest absolute Gasteiger partial charge is 0.297 e. The van der Waals surface area contributed by atoms with Crippen molar-refractivity contribution in [2.75, 3.05) is 0 Å². The molecule has 20 heavy (non-hydrogen) atoms. The van der Waals surface area contributed by atoms with E-state index < -0.39 is 33.5 Å². The number of hydrogen-bond acceptors (Lipinski definition) is 5. The predicted octanol–water partition coefficient (Wildman–Crippen LogP) is 2.53. The Morgan fingerprint density at radius 2 is 1.85 bits per heavy atom. The van der Waals surface area contributed by atoms with Gasteiger partial charge in [0.25, 0.3) is 5.69 Å². The number of nitrogens with zero attached hydrogens (tertiary/aromatic N) is 2. The van der Waals surface area contributed by atoms with Gasteiger partial charge in [-0.3, -0.25) is 19.7 Å². The van der Waals surface area contributed by atoms with Crippen LogP contribution in [-0.2, 0) is 4.79 Å². The molecule has 0 spiro atoms. The van der Waals surface area contributed by atoms with Crippen LogP contribution < -0.4 is 0 Å². The summed E-state index contributed by atoms with van der Waals surface area (Å²) in [4.78, 5) is 34.5. The molecule has 1 aromatic carbocycles. The van der Waals surface area contributed by atoms with Gasteiger partial charge in [0.2, 0.25) is 0 Å². The molecule has 0 amide bonds. The minimum Gasteiger partial charge on any atom is -0.297 e. The maximum absolute atomic E-state index is 12.2. The number of carbonyl (C=O) groups is 2. The van der Waals surface area contributed by atoms with Crippen molar-refractivity contribution in [1.82, 2.24) is 0 Å². The summed E-state index contributed by atoms with van der Waals surface area (Å²) in [6.45, 7) is 4.77. The molecule has 6 heteroatoms. The molecule has 1 unspecified atom stereocenters. The smallest absolute Gasteiger partial charge is 0.280 e. The highest BCUT2D eigenvalue weighted by Crippen LogP contribution is 2.26. The van der Waals surface area contributed by atoms with Gasteiger partial charge in [-0.15, -0.1) is 0 Å². The van der Waals surface area contributed by atoms with Crippen LogP contribution in [0.5, 0.6) is 0 Å². The van der Waals surface area contributed by atoms with Gasteiger partial charge in [0.15, 0.2) is 17.5 Å². The number of nitro groups is 1. The van der Waals surface area contributed by atoms with E-state index in [1.165, 1.54) is 24.3 Å². The van der Waals surface area contributed by atoms with Crippen molar-refractivity contribution in [2.24, 2.45) is 11.3 Å². The van der Waals surface area contributed by atoms with Gasteiger partial charge in [0.1, 0.15) is 0 Å². The van der Waals surface area contributed by atoms with Gasteiger partial charge in [0, 0.05) is 11.5 Å². The maximum Gasteiger partial charge on any atom is 0.280 e. The number of para-hydroxylation sites is 1. The zero-order valence-corrected chi connectivity index (χ0v) is 11.4. The van der Waals surface area contributed by atoms with Crippen molar-refractivity contribution in [2.45, 2.75) is 20.8 Å². The summed E-state index contributed by atoms with van der Waals surface area (Å²) in [5.74, 6) is -2.92. The Bertz CT molecular complexity index is 608. The van der Waals surface area contributed by atoms with E-state index in [0.717, 1.165) is 0 Å². The van der Waals surface area contributed by atoms with Crippen molar-refractivity contribution >= 4 is 17.3 Å². The highest BCUT2D eigenvalue weighted by atomic mass is 16.6. The molecular formula is C14H14N2O4. The zero-order chi connectivity index (χ0) is 15.5. The fourth-order valence-corrected chi connectivity index (χ4v) is 1.67. The average molecular weight is 274 g/mol. The van der Waals surface area contributed by atoms with E-state index in [2.05, 4.69) is 0 Å². The first-order valence-corrected chi connectivity index (χ1v) is 5.91. The van der Waals surface area contributed by atoms with E-state index >= 15 is 0 Å². The maximum atomic E-state index is 12.2. The van der Waals surface area contributed by atoms with Crippen molar-refractivity contribution < 1.29 is 14.5 Å². The summed E-state index contributed by atoms with van der Waals surface area (Å²) in [5, 5.41) is 19.9. The van der Waals surface area contributed by atoms with E-state index in [-0.39, 0.29) is 5.56 Å². The van der Waals surface area contributed by atoms with E-state index in [9.17, 15) is 19.7 Å². The number of hydrogen-bond donors (Lipinski definition) is 0. The lowest BCUT2D eigenvalue weighted by atomic mass is 9.80. The van der Waals surface area contributed by atoms with Crippen molar-refractivity contribution in [3.05, 3.63) is 39.9 Å². The molecule has 104 valence electrons. The molecule has 6 nitrogen and oxygen atoms in total. The topological polar surface area (TPSA) is 101 Å². The van der Waals surface area contributed by atoms with Gasteiger partial charge in [-0.25, -0.2) is 0 Å². The van der Waals surface area contributed by atoms with Crippen molar-refractivity contribution in [3.8, 4) is 6.07 Å². The minimum atomic E-state index is -1.53. The Kier molecular flexibility index (Phi) is 4.35. The molecule has 0 aliphatic rings. The lowest BCUT2D eigenvalue weighted by Gasteiger charge is -2.19. The second-order valence-corrected chi connectivity index (χ2v) is 5.31. The third-order valence-corrected chi connectivity index (χ3v) is 2.76. The summed E-state index contributed by atoms with van der Waals surface area (Å²) in [7, 11) is 0. The molecule has 0 aromatic heterocycles. The van der Waals surface area contributed by atoms with Crippen LogP contribution in [0.25, 0.3) is 0 Å². The molecule has 0 saturated heterocycles. The minimum absolute atomic E-state index is 0.221. The van der Waals surface area contributed by atoms with Gasteiger partial charge in [0.05, 0.1) is 16.6 Å². The highest BCUT2D eigenvalue weighted by molar-refractivity contribution is 6.15. The molecule has 0 bridgehead atoms. The van der Waals surface area contributed by atoms with Crippen LogP contribution >= 0.6 is 0 Å². The fourth-order valence-electron chi connectivity index (χ4n) is 1.67. The standard InChI is InChI=1S/C14H14N2O4/c1-14(2,3)13(18)10(8-15)12(17)9-6-4-5-7-11(9)16(19)20/h4-7,10H,1-3H3. The Labute approximate surface area is 116 Å². The lowest BCUT2D eigenvalue weighted by molar-refractivity contribution is -0.385. The van der Waals surface area contributed by atoms with Gasteiger partial charge in [-0.2, -0.15) is 5.26 Å². The van der Waals surface area contributed by atoms with Crippen LogP contribution in [0.2, 0.25) is 0 Å². The number of nitro benzene ring substituents is 1. The first-order chi connectivity index (χ1) is 9.20. The molecule has 0 fully saturated rings. The highest BCUT2D eigenvalue weighted by Gasteiger charge is 2.37. The third kappa shape index (κ3) is 3.06. The third-order valence-electron chi connectivity index (χ3n) is 2.76. The number of rotatable bonds is 4. The van der Waals surface area contributed by atoms with Gasteiger partial charge in [-0.1, -0.05) is 32.9 Å². The van der Waals surface area contributed by atoms with Gasteiger partial charge < -0.3 is 0 Å². The summed E-state index contributed by atoms with van der Waals surface area (Å²) < 4.78 is 0. The first-order valence-electron chi connectivity index (χ1n) is 5.91. The van der Waals surface area contributed by atoms with Crippen molar-refractivity contribution in [1.29, 1.82) is 5.26 Å². The van der Waals surface area contributed by atoms with Gasteiger partial charge >= 0.3 is 0 Å². The monoisotopic (exact) mass is 274 g/mol. The lowest BCUT2D eigenvalue weighted by Crippen LogP contribution is -2.33. The normalized spacial score (nSPS) is 12.3. The van der Waals surface area contributed by atoms with E-state index in [0.29, 0.717) is 0 Å². The van der Waals surface area contributed by atoms with Crippen LogP contribution in [0.4, 0.5) is 5.69 Å². The Hall–Kier alpha value is -2.55. The Morgan fingerprint density at radius 3 is 2.30 bits per heavy atom. The van der Waals surface area contributed by atoms with E-state index in [1.807, 2.05) is 0 Å². The van der Waals surface area contributed by atoms with Crippen molar-refractivity contribution in [3.63, 3.8) is 0 Å². The van der Waals surface area contributed by atoms with Crippen LogP contribution in [-0.4, -0.2) is 16.5 Å². The average Bonchev–Trinajstić information content (AvgIpc) is 2.38. The van der Waals surface area contributed by atoms with Crippen LogP contribution in [0.1, 0.15) is 31.1 Å². The molecule has 0 radical (unpaired) electrons. The number of nitriles is 1. The number of ketones is 2. The number of benzene rings is 1. The fraction of sp³-hybridized carbons (Fsp3) is 0.357.